The molecule has 0 aliphatic carbocycles. The number of hydrogen-bond donors (Lipinski definition) is 3. The van der Waals surface area contributed by atoms with E-state index in [0.717, 1.165) is 6.42 Å². The summed E-state index contributed by atoms with van der Waals surface area (Å²) in [6, 6.07) is 1.48. The number of carbonyl (C=O) groups is 1. The van der Waals surface area contributed by atoms with Crippen LogP contribution in [0.4, 0.5) is 0 Å². The number of nitrogens with two attached hydrogens (primary N) is 1. The highest BCUT2D eigenvalue weighted by Gasteiger charge is 2.06. The zero-order valence-corrected chi connectivity index (χ0v) is 10.9. The van der Waals surface area contributed by atoms with Crippen LogP contribution in [0.5, 0.6) is 0 Å². The van der Waals surface area contributed by atoms with E-state index >= 15 is 0 Å². The molecule has 5 nitrogen and oxygen atoms in total. The molecule has 0 spiro atoms. The highest BCUT2D eigenvalue weighted by Crippen LogP contribution is 2.04. The van der Waals surface area contributed by atoms with E-state index in [9.17, 15) is 9.59 Å². The third kappa shape index (κ3) is 4.34. The van der Waals surface area contributed by atoms with Gasteiger partial charge in [0, 0.05) is 12.7 Å². The Hall–Kier alpha value is -0.850. The molecule has 1 amide bonds. The fourth-order valence-corrected chi connectivity index (χ4v) is 1.35. The number of aromatic nitrogens is 1. The SMILES string of the molecule is Cl.NCCCNC(=O)c1c[nH]c(=O)c(Br)c1. The smallest absolute Gasteiger partial charge is 0.262 e. The number of rotatable bonds is 4. The fraction of sp³-hybridized carbons (Fsp3) is 0.333. The van der Waals surface area contributed by atoms with E-state index < -0.39 is 0 Å². The summed E-state index contributed by atoms with van der Waals surface area (Å²) in [5.41, 5.74) is 5.45. The first kappa shape index (κ1) is 15.2. The van der Waals surface area contributed by atoms with Crippen molar-refractivity contribution in [1.29, 1.82) is 0 Å². The second-order valence-electron chi connectivity index (χ2n) is 2.96. The number of carbonyl (C=O) groups excluding carboxylic acids is 1. The molecule has 4 N–H and O–H groups in total. The second-order valence-corrected chi connectivity index (χ2v) is 3.82. The van der Waals surface area contributed by atoms with Gasteiger partial charge < -0.3 is 16.0 Å². The molecule has 0 aromatic carbocycles. The molecule has 0 radical (unpaired) electrons. The second kappa shape index (κ2) is 7.43. The van der Waals surface area contributed by atoms with Gasteiger partial charge in [0.05, 0.1) is 10.0 Å². The topological polar surface area (TPSA) is 88.0 Å². The maximum Gasteiger partial charge on any atom is 0.262 e. The molecule has 0 aliphatic heterocycles. The summed E-state index contributed by atoms with van der Waals surface area (Å²) in [6.45, 7) is 1.07. The van der Waals surface area contributed by atoms with Crippen LogP contribution < -0.4 is 16.6 Å². The van der Waals surface area contributed by atoms with E-state index in [4.69, 9.17) is 5.73 Å². The molecule has 1 rings (SSSR count). The summed E-state index contributed by atoms with van der Waals surface area (Å²) < 4.78 is 0.342. The molecule has 0 saturated carbocycles. The van der Waals surface area contributed by atoms with Crippen LogP contribution in [0.15, 0.2) is 21.5 Å². The lowest BCUT2D eigenvalue weighted by atomic mass is 10.2. The quantitative estimate of drug-likeness (QED) is 0.713. The predicted octanol–water partition coefficient (Wildman–Crippen LogP) is 0.638. The number of amides is 1. The number of halogens is 2. The van der Waals surface area contributed by atoms with Crippen LogP contribution in [0.2, 0.25) is 0 Å². The Bertz CT molecular complexity index is 408. The van der Waals surface area contributed by atoms with Gasteiger partial charge in [-0.2, -0.15) is 0 Å². The summed E-state index contributed by atoms with van der Waals surface area (Å²) in [7, 11) is 0. The minimum atomic E-state index is -0.256. The van der Waals surface area contributed by atoms with Crippen molar-refractivity contribution in [3.8, 4) is 0 Å². The van der Waals surface area contributed by atoms with Gasteiger partial charge in [0.15, 0.2) is 0 Å². The van der Waals surface area contributed by atoms with Crippen molar-refractivity contribution in [3.05, 3.63) is 32.7 Å². The summed E-state index contributed by atoms with van der Waals surface area (Å²) in [5.74, 6) is -0.222. The minimum Gasteiger partial charge on any atom is -0.352 e. The first-order valence-corrected chi connectivity index (χ1v) is 5.31. The van der Waals surface area contributed by atoms with Gasteiger partial charge in [0.1, 0.15) is 0 Å². The molecule has 0 aliphatic rings. The molecule has 1 aromatic heterocycles. The van der Waals surface area contributed by atoms with Crippen molar-refractivity contribution in [3.63, 3.8) is 0 Å². The first-order chi connectivity index (χ1) is 7.15. The van der Waals surface area contributed by atoms with Crippen LogP contribution >= 0.6 is 28.3 Å². The Balaban J connectivity index is 0.00000225. The van der Waals surface area contributed by atoms with Crippen molar-refractivity contribution in [2.45, 2.75) is 6.42 Å². The van der Waals surface area contributed by atoms with E-state index in [1.807, 2.05) is 0 Å². The van der Waals surface area contributed by atoms with Crippen molar-refractivity contribution in [2.24, 2.45) is 5.73 Å². The number of aromatic amines is 1. The Morgan fingerprint density at radius 2 is 2.25 bits per heavy atom. The molecule has 0 atom stereocenters. The van der Waals surface area contributed by atoms with Crippen molar-refractivity contribution < 1.29 is 4.79 Å². The van der Waals surface area contributed by atoms with Gasteiger partial charge in [-0.1, -0.05) is 0 Å². The number of H-pyrrole nitrogens is 1. The maximum absolute atomic E-state index is 11.5. The number of pyridine rings is 1. The number of nitrogens with one attached hydrogen (secondary N) is 2. The molecule has 90 valence electrons. The lowest BCUT2D eigenvalue weighted by molar-refractivity contribution is 0.0953. The summed E-state index contributed by atoms with van der Waals surface area (Å²) in [6.07, 6.45) is 2.11. The minimum absolute atomic E-state index is 0. The van der Waals surface area contributed by atoms with Gasteiger partial charge in [-0.05, 0) is 35.0 Å². The zero-order chi connectivity index (χ0) is 11.3. The van der Waals surface area contributed by atoms with Crippen LogP contribution in [0, 0.1) is 0 Å². The van der Waals surface area contributed by atoms with Crippen LogP contribution in [-0.4, -0.2) is 24.0 Å². The van der Waals surface area contributed by atoms with E-state index in [1.165, 1.54) is 12.3 Å². The molecular formula is C9H13BrClN3O2. The molecular weight excluding hydrogens is 297 g/mol. The Morgan fingerprint density at radius 1 is 1.56 bits per heavy atom. The van der Waals surface area contributed by atoms with Crippen molar-refractivity contribution >= 4 is 34.2 Å². The Kier molecular flexibility index (Phi) is 7.03. The Morgan fingerprint density at radius 3 is 2.81 bits per heavy atom. The van der Waals surface area contributed by atoms with Crippen LogP contribution in [0.1, 0.15) is 16.8 Å². The van der Waals surface area contributed by atoms with Gasteiger partial charge in [0.25, 0.3) is 11.5 Å². The van der Waals surface area contributed by atoms with E-state index in [1.54, 1.807) is 0 Å². The van der Waals surface area contributed by atoms with E-state index in [2.05, 4.69) is 26.2 Å². The van der Waals surface area contributed by atoms with Crippen LogP contribution in [-0.2, 0) is 0 Å². The van der Waals surface area contributed by atoms with Crippen LogP contribution in [0.25, 0.3) is 0 Å². The maximum atomic E-state index is 11.5. The zero-order valence-electron chi connectivity index (χ0n) is 8.46. The third-order valence-electron chi connectivity index (χ3n) is 1.79. The van der Waals surface area contributed by atoms with Gasteiger partial charge in [-0.25, -0.2) is 0 Å². The Labute approximate surface area is 107 Å². The average Bonchev–Trinajstić information content (AvgIpc) is 2.22. The normalized spacial score (nSPS) is 9.38. The van der Waals surface area contributed by atoms with E-state index in [-0.39, 0.29) is 23.9 Å². The molecule has 0 fully saturated rings. The van der Waals surface area contributed by atoms with E-state index in [0.29, 0.717) is 23.1 Å². The standard InChI is InChI=1S/C9H12BrN3O2.ClH/c10-7-4-6(5-13-9(7)15)8(14)12-3-1-2-11;/h4-5H,1-3,11H2,(H,12,14)(H,13,15);1H. The molecule has 1 heterocycles. The van der Waals surface area contributed by atoms with Gasteiger partial charge in [-0.15, -0.1) is 12.4 Å². The summed E-state index contributed by atoms with van der Waals surface area (Å²) in [5, 5.41) is 2.68. The predicted molar refractivity (Wildman–Crippen MR) is 68.0 cm³/mol. The summed E-state index contributed by atoms with van der Waals surface area (Å²) >= 11 is 3.05. The first-order valence-electron chi connectivity index (χ1n) is 4.51. The number of hydrogen-bond acceptors (Lipinski definition) is 3. The average molecular weight is 311 g/mol. The molecule has 0 saturated heterocycles. The lowest BCUT2D eigenvalue weighted by Crippen LogP contribution is -2.26. The fourth-order valence-electron chi connectivity index (χ4n) is 0.993. The molecule has 0 unspecified atom stereocenters. The van der Waals surface area contributed by atoms with Gasteiger partial charge >= 0.3 is 0 Å². The lowest BCUT2D eigenvalue weighted by Gasteiger charge is -2.03. The third-order valence-corrected chi connectivity index (χ3v) is 2.38. The van der Waals surface area contributed by atoms with Crippen molar-refractivity contribution in [1.82, 2.24) is 10.3 Å². The highest BCUT2D eigenvalue weighted by molar-refractivity contribution is 9.10. The summed E-state index contributed by atoms with van der Waals surface area (Å²) in [4.78, 5) is 24.9. The van der Waals surface area contributed by atoms with Gasteiger partial charge in [0.2, 0.25) is 0 Å². The molecule has 1 aromatic rings. The molecule has 0 bridgehead atoms. The van der Waals surface area contributed by atoms with Crippen molar-refractivity contribution in [2.75, 3.05) is 13.1 Å². The largest absolute Gasteiger partial charge is 0.352 e. The molecule has 7 heteroatoms. The monoisotopic (exact) mass is 309 g/mol. The van der Waals surface area contributed by atoms with Crippen LogP contribution in [0.3, 0.4) is 0 Å². The molecule has 16 heavy (non-hydrogen) atoms. The van der Waals surface area contributed by atoms with Gasteiger partial charge in [-0.3, -0.25) is 9.59 Å². The highest BCUT2D eigenvalue weighted by atomic mass is 79.9.